The first-order chi connectivity index (χ1) is 20.5. The van der Waals surface area contributed by atoms with E-state index in [9.17, 15) is 9.90 Å². The number of aliphatic hydroxyl groups is 1. The zero-order valence-corrected chi connectivity index (χ0v) is 25.9. The van der Waals surface area contributed by atoms with Crippen molar-refractivity contribution in [2.45, 2.75) is 48.8 Å². The normalized spacial score (nSPS) is 19.2. The maximum absolute atomic E-state index is 13.2. The molecule has 6 nitrogen and oxygen atoms in total. The molecule has 8 heteroatoms. The molecule has 2 saturated heterocycles. The van der Waals surface area contributed by atoms with Crippen molar-refractivity contribution in [2.24, 2.45) is 0 Å². The summed E-state index contributed by atoms with van der Waals surface area (Å²) < 4.78 is 11.9. The number of benzene rings is 3. The van der Waals surface area contributed by atoms with Crippen LogP contribution in [0.3, 0.4) is 0 Å². The van der Waals surface area contributed by atoms with Gasteiger partial charge in [0, 0.05) is 55.4 Å². The van der Waals surface area contributed by atoms with Crippen LogP contribution in [0, 0.1) is 0 Å². The highest BCUT2D eigenvalue weighted by Gasteiger charge is 2.39. The predicted molar refractivity (Wildman–Crippen MR) is 172 cm³/mol. The summed E-state index contributed by atoms with van der Waals surface area (Å²) in [6.07, 6.45) is 4.95. The minimum Gasteiger partial charge on any atom is -0.497 e. The fourth-order valence-corrected chi connectivity index (χ4v) is 9.62. The molecule has 1 spiro atoms. The molecule has 0 unspecified atom stereocenters. The number of aliphatic hydroxyl groups excluding tert-OH is 1. The van der Waals surface area contributed by atoms with E-state index in [4.69, 9.17) is 9.47 Å². The Balaban J connectivity index is 1.02. The largest absolute Gasteiger partial charge is 0.497 e. The van der Waals surface area contributed by atoms with Crippen LogP contribution in [0.4, 0.5) is 0 Å². The van der Waals surface area contributed by atoms with Crippen LogP contribution in [0.25, 0.3) is 0 Å². The Morgan fingerprint density at radius 2 is 1.57 bits per heavy atom. The van der Waals surface area contributed by atoms with Crippen molar-refractivity contribution in [3.8, 4) is 17.2 Å². The van der Waals surface area contributed by atoms with E-state index in [-0.39, 0.29) is 12.5 Å². The molecule has 3 aromatic carbocycles. The van der Waals surface area contributed by atoms with Crippen LogP contribution in [0.1, 0.15) is 58.6 Å². The highest BCUT2D eigenvalue weighted by Crippen LogP contribution is 2.55. The summed E-state index contributed by atoms with van der Waals surface area (Å²) in [6, 6.07) is 21.8. The number of nitrogens with zero attached hydrogens (tertiary/aromatic N) is 2. The summed E-state index contributed by atoms with van der Waals surface area (Å²) in [5.74, 6) is 5.36. The van der Waals surface area contributed by atoms with Crippen LogP contribution in [0.15, 0.2) is 66.7 Å². The second-order valence-electron chi connectivity index (χ2n) is 11.5. The molecule has 3 aromatic rings. The summed E-state index contributed by atoms with van der Waals surface area (Å²) in [7, 11) is 1.68. The molecular formula is C34H40N2O4S2. The van der Waals surface area contributed by atoms with E-state index in [1.165, 1.54) is 48.3 Å². The van der Waals surface area contributed by atoms with Gasteiger partial charge in [-0.05, 0) is 91.3 Å². The van der Waals surface area contributed by atoms with E-state index < -0.39 is 0 Å². The number of piperazine rings is 1. The third-order valence-electron chi connectivity index (χ3n) is 8.84. The van der Waals surface area contributed by atoms with Crippen molar-refractivity contribution in [1.29, 1.82) is 0 Å². The first kappa shape index (κ1) is 29.4. The molecule has 1 N–H and O–H groups in total. The van der Waals surface area contributed by atoms with Gasteiger partial charge in [-0.2, -0.15) is 0 Å². The van der Waals surface area contributed by atoms with E-state index in [1.54, 1.807) is 7.11 Å². The zero-order valence-electron chi connectivity index (χ0n) is 24.3. The summed E-state index contributed by atoms with van der Waals surface area (Å²) in [4.78, 5) is 17.5. The molecule has 3 aliphatic rings. The van der Waals surface area contributed by atoms with E-state index in [0.29, 0.717) is 40.1 Å². The number of ether oxygens (including phenoxy) is 2. The fraction of sp³-hybridized carbons (Fsp3) is 0.441. The molecule has 6 rings (SSSR count). The van der Waals surface area contributed by atoms with Crippen molar-refractivity contribution in [3.05, 3.63) is 89.0 Å². The summed E-state index contributed by atoms with van der Waals surface area (Å²) >= 11 is 4.32. The average Bonchev–Trinajstić information content (AvgIpc) is 3.50. The number of carbonyl (C=O) groups is 1. The Kier molecular flexibility index (Phi) is 9.34. The van der Waals surface area contributed by atoms with Crippen LogP contribution in [-0.4, -0.2) is 69.7 Å². The maximum atomic E-state index is 13.2. The quantitative estimate of drug-likeness (QED) is 0.304. The van der Waals surface area contributed by atoms with Gasteiger partial charge in [-0.25, -0.2) is 0 Å². The second-order valence-corrected chi connectivity index (χ2v) is 14.7. The lowest BCUT2D eigenvalue weighted by Crippen LogP contribution is -2.48. The highest BCUT2D eigenvalue weighted by atomic mass is 32.2. The molecule has 3 fully saturated rings. The third kappa shape index (κ3) is 6.77. The van der Waals surface area contributed by atoms with Gasteiger partial charge in [0.1, 0.15) is 17.2 Å². The molecule has 1 aliphatic carbocycles. The predicted octanol–water partition coefficient (Wildman–Crippen LogP) is 6.77. The summed E-state index contributed by atoms with van der Waals surface area (Å²) in [6.45, 7) is 3.91. The van der Waals surface area contributed by atoms with E-state index >= 15 is 0 Å². The number of hydrogen-bond acceptors (Lipinski definition) is 7. The van der Waals surface area contributed by atoms with Gasteiger partial charge in [0.2, 0.25) is 0 Å². The molecule has 2 heterocycles. The Morgan fingerprint density at radius 3 is 2.21 bits per heavy atom. The summed E-state index contributed by atoms with van der Waals surface area (Å²) in [5, 5.41) is 10.1. The molecule has 2 aliphatic heterocycles. The van der Waals surface area contributed by atoms with Gasteiger partial charge in [-0.1, -0.05) is 18.2 Å². The minimum atomic E-state index is -0.0629. The molecule has 42 heavy (non-hydrogen) atoms. The lowest BCUT2D eigenvalue weighted by molar-refractivity contribution is 0.0628. The highest BCUT2D eigenvalue weighted by molar-refractivity contribution is 8.21. The third-order valence-corrected chi connectivity index (χ3v) is 12.5. The summed E-state index contributed by atoms with van der Waals surface area (Å²) in [5.41, 5.74) is 4.02. The number of thioether (sulfide) groups is 2. The first-order valence-electron chi connectivity index (χ1n) is 15.0. The number of hydrogen-bond donors (Lipinski definition) is 1. The first-order valence-corrected chi connectivity index (χ1v) is 17.0. The van der Waals surface area contributed by atoms with Gasteiger partial charge in [0.25, 0.3) is 5.91 Å². The van der Waals surface area contributed by atoms with E-state index in [0.717, 1.165) is 30.9 Å². The molecule has 0 bridgehead atoms. The Morgan fingerprint density at radius 1 is 0.905 bits per heavy atom. The molecule has 1 amide bonds. The number of carbonyl (C=O) groups excluding carboxylic acids is 1. The molecule has 222 valence electrons. The van der Waals surface area contributed by atoms with Gasteiger partial charge >= 0.3 is 0 Å². The van der Waals surface area contributed by atoms with Crippen molar-refractivity contribution >= 4 is 29.4 Å². The second kappa shape index (κ2) is 13.3. The number of methoxy groups -OCH3 is 1. The standard InChI is InChI=1S/C34H40N2O4S2/c1-39-30-7-2-25(3-8-30)23-35-16-18-36(19-17-35)33(38)27-4-9-31(10-5-27)40-32-11-6-28(22-29(32)24-37)26-12-14-34(15-13-26)41-20-21-42-34/h2-11,22,26,37H,12-21,23-24H2,1H3. The smallest absolute Gasteiger partial charge is 0.253 e. The molecule has 0 aromatic heterocycles. The van der Waals surface area contributed by atoms with Gasteiger partial charge in [0.05, 0.1) is 17.8 Å². The molecule has 0 radical (unpaired) electrons. The number of amides is 1. The van der Waals surface area contributed by atoms with Gasteiger partial charge in [-0.15, -0.1) is 23.5 Å². The molecule has 0 atom stereocenters. The minimum absolute atomic E-state index is 0.0507. The van der Waals surface area contributed by atoms with Crippen LogP contribution in [0.5, 0.6) is 17.2 Å². The lowest BCUT2D eigenvalue weighted by atomic mass is 9.83. The maximum Gasteiger partial charge on any atom is 0.253 e. The van der Waals surface area contributed by atoms with Crippen LogP contribution < -0.4 is 9.47 Å². The van der Waals surface area contributed by atoms with E-state index in [2.05, 4.69) is 52.7 Å². The van der Waals surface area contributed by atoms with Crippen molar-refractivity contribution in [2.75, 3.05) is 44.8 Å². The molecule has 1 saturated carbocycles. The van der Waals surface area contributed by atoms with Gasteiger partial charge in [-0.3, -0.25) is 9.69 Å². The SMILES string of the molecule is COc1ccc(CN2CCN(C(=O)c3ccc(Oc4ccc(C5CCC6(CC5)SCCS6)cc4CO)cc3)CC2)cc1. The molecular weight excluding hydrogens is 565 g/mol. The lowest BCUT2D eigenvalue weighted by Gasteiger charge is -2.36. The Bertz CT molecular complexity index is 1340. The van der Waals surface area contributed by atoms with Crippen molar-refractivity contribution in [3.63, 3.8) is 0 Å². The van der Waals surface area contributed by atoms with Crippen LogP contribution >= 0.6 is 23.5 Å². The van der Waals surface area contributed by atoms with Gasteiger partial charge in [0.15, 0.2) is 0 Å². The zero-order chi connectivity index (χ0) is 28.9. The topological polar surface area (TPSA) is 62.2 Å². The average molecular weight is 605 g/mol. The van der Waals surface area contributed by atoms with E-state index in [1.807, 2.05) is 47.4 Å². The number of rotatable bonds is 8. The van der Waals surface area contributed by atoms with Crippen LogP contribution in [-0.2, 0) is 13.2 Å². The van der Waals surface area contributed by atoms with Crippen LogP contribution in [0.2, 0.25) is 0 Å². The fourth-order valence-electron chi connectivity index (χ4n) is 6.33. The van der Waals surface area contributed by atoms with Gasteiger partial charge < -0.3 is 19.5 Å². The Labute approximate surface area is 257 Å². The van der Waals surface area contributed by atoms with Crippen molar-refractivity contribution < 1.29 is 19.4 Å². The monoisotopic (exact) mass is 604 g/mol. The Hall–Kier alpha value is -2.65. The van der Waals surface area contributed by atoms with Crippen molar-refractivity contribution in [1.82, 2.24) is 9.80 Å².